The van der Waals surface area contributed by atoms with E-state index < -0.39 is 29.8 Å². The normalized spacial score (nSPS) is 19.2. The van der Waals surface area contributed by atoms with Crippen LogP contribution in [0.2, 0.25) is 5.02 Å². The molecule has 2 aromatic rings. The maximum absolute atomic E-state index is 13.4. The van der Waals surface area contributed by atoms with Crippen LogP contribution in [-0.4, -0.2) is 28.6 Å². The van der Waals surface area contributed by atoms with Gasteiger partial charge in [0.05, 0.1) is 16.6 Å². The van der Waals surface area contributed by atoms with Gasteiger partial charge in [-0.1, -0.05) is 41.9 Å². The van der Waals surface area contributed by atoms with E-state index in [1.54, 1.807) is 11.0 Å². The Morgan fingerprint density at radius 3 is 2.59 bits per heavy atom. The SMILES string of the molecule is Cc1ccccc1C(c1ccc(Cl)c(C(F)(F)F)c1)N1CCCC1C(=O)O. The molecule has 2 aromatic carbocycles. The molecular weight excluding hydrogens is 379 g/mol. The number of carbonyl (C=O) groups is 1. The number of aliphatic carboxylic acids is 1. The van der Waals surface area contributed by atoms with Crippen LogP contribution in [0.25, 0.3) is 0 Å². The van der Waals surface area contributed by atoms with Crippen LogP contribution in [0.4, 0.5) is 13.2 Å². The molecular formula is C20H19ClF3NO2. The van der Waals surface area contributed by atoms with Gasteiger partial charge in [-0.05, 0) is 48.6 Å². The fourth-order valence-corrected chi connectivity index (χ4v) is 3.96. The molecule has 0 spiro atoms. The minimum Gasteiger partial charge on any atom is -0.480 e. The van der Waals surface area contributed by atoms with Crippen LogP contribution in [0, 0.1) is 6.92 Å². The Morgan fingerprint density at radius 2 is 1.96 bits per heavy atom. The third-order valence-electron chi connectivity index (χ3n) is 5.01. The molecule has 144 valence electrons. The second-order valence-corrected chi connectivity index (χ2v) is 7.14. The molecule has 3 rings (SSSR count). The fourth-order valence-electron chi connectivity index (χ4n) is 3.74. The van der Waals surface area contributed by atoms with E-state index in [1.165, 1.54) is 6.07 Å². The van der Waals surface area contributed by atoms with Crippen LogP contribution in [0.3, 0.4) is 0 Å². The molecule has 1 saturated heterocycles. The van der Waals surface area contributed by atoms with E-state index in [4.69, 9.17) is 11.6 Å². The van der Waals surface area contributed by atoms with Crippen molar-refractivity contribution in [2.75, 3.05) is 6.54 Å². The number of aryl methyl sites for hydroxylation is 1. The fraction of sp³-hybridized carbons (Fsp3) is 0.350. The summed E-state index contributed by atoms with van der Waals surface area (Å²) in [6.07, 6.45) is -3.43. The number of benzene rings is 2. The van der Waals surface area contributed by atoms with Crippen molar-refractivity contribution in [3.8, 4) is 0 Å². The van der Waals surface area contributed by atoms with E-state index in [1.807, 2.05) is 31.2 Å². The van der Waals surface area contributed by atoms with Gasteiger partial charge in [0.25, 0.3) is 0 Å². The number of carboxylic acid groups (broad SMARTS) is 1. The maximum atomic E-state index is 13.4. The highest BCUT2D eigenvalue weighted by atomic mass is 35.5. The number of carboxylic acids is 1. The summed E-state index contributed by atoms with van der Waals surface area (Å²) in [6, 6.07) is 9.85. The predicted octanol–water partition coefficient (Wildman–Crippen LogP) is 5.31. The van der Waals surface area contributed by atoms with Gasteiger partial charge >= 0.3 is 12.1 Å². The number of likely N-dealkylation sites (tertiary alicyclic amines) is 1. The summed E-state index contributed by atoms with van der Waals surface area (Å²) in [5.41, 5.74) is 1.16. The van der Waals surface area contributed by atoms with Crippen molar-refractivity contribution in [3.63, 3.8) is 0 Å². The topological polar surface area (TPSA) is 40.5 Å². The zero-order valence-corrected chi connectivity index (χ0v) is 15.4. The van der Waals surface area contributed by atoms with E-state index in [0.717, 1.165) is 17.2 Å². The van der Waals surface area contributed by atoms with Crippen LogP contribution in [0.15, 0.2) is 42.5 Å². The third-order valence-corrected chi connectivity index (χ3v) is 5.34. The molecule has 0 saturated carbocycles. The van der Waals surface area contributed by atoms with E-state index in [9.17, 15) is 23.1 Å². The largest absolute Gasteiger partial charge is 0.480 e. The van der Waals surface area contributed by atoms with Crippen LogP contribution < -0.4 is 0 Å². The van der Waals surface area contributed by atoms with Gasteiger partial charge in [-0.15, -0.1) is 0 Å². The molecule has 7 heteroatoms. The number of halogens is 4. The summed E-state index contributed by atoms with van der Waals surface area (Å²) >= 11 is 5.77. The second kappa shape index (κ2) is 7.52. The summed E-state index contributed by atoms with van der Waals surface area (Å²) in [4.78, 5) is 13.5. The summed E-state index contributed by atoms with van der Waals surface area (Å²) in [5.74, 6) is -0.962. The van der Waals surface area contributed by atoms with Crippen molar-refractivity contribution < 1.29 is 23.1 Å². The quantitative estimate of drug-likeness (QED) is 0.760. The van der Waals surface area contributed by atoms with E-state index in [0.29, 0.717) is 24.9 Å². The molecule has 1 aliphatic rings. The Balaban J connectivity index is 2.17. The van der Waals surface area contributed by atoms with Crippen molar-refractivity contribution in [3.05, 3.63) is 69.7 Å². The molecule has 1 aliphatic heterocycles. The first-order chi connectivity index (χ1) is 12.7. The molecule has 2 unspecified atom stereocenters. The van der Waals surface area contributed by atoms with E-state index in [2.05, 4.69) is 0 Å². The average Bonchev–Trinajstić information content (AvgIpc) is 3.07. The zero-order valence-electron chi connectivity index (χ0n) is 14.6. The van der Waals surface area contributed by atoms with E-state index >= 15 is 0 Å². The molecule has 1 fully saturated rings. The highest BCUT2D eigenvalue weighted by Crippen LogP contribution is 2.41. The minimum absolute atomic E-state index is 0.369. The summed E-state index contributed by atoms with van der Waals surface area (Å²) < 4.78 is 40.1. The summed E-state index contributed by atoms with van der Waals surface area (Å²) in [7, 11) is 0. The summed E-state index contributed by atoms with van der Waals surface area (Å²) in [6.45, 7) is 2.37. The Kier molecular flexibility index (Phi) is 5.49. The number of hydrogen-bond donors (Lipinski definition) is 1. The lowest BCUT2D eigenvalue weighted by atomic mass is 9.92. The molecule has 1 N–H and O–H groups in total. The van der Waals surface area contributed by atoms with Crippen molar-refractivity contribution in [2.24, 2.45) is 0 Å². The minimum atomic E-state index is -4.58. The Hall–Kier alpha value is -2.05. The van der Waals surface area contributed by atoms with Crippen LogP contribution in [-0.2, 0) is 11.0 Å². The van der Waals surface area contributed by atoms with Crippen molar-refractivity contribution in [1.29, 1.82) is 0 Å². The highest BCUT2D eigenvalue weighted by Gasteiger charge is 2.39. The molecule has 0 aliphatic carbocycles. The molecule has 2 atom stereocenters. The first kappa shape index (κ1) is 19.7. The average molecular weight is 398 g/mol. The number of nitrogens with zero attached hydrogens (tertiary/aromatic N) is 1. The lowest BCUT2D eigenvalue weighted by Gasteiger charge is -2.33. The van der Waals surface area contributed by atoms with Gasteiger partial charge in [-0.2, -0.15) is 13.2 Å². The molecule has 1 heterocycles. The number of alkyl halides is 3. The smallest absolute Gasteiger partial charge is 0.417 e. The van der Waals surface area contributed by atoms with Crippen molar-refractivity contribution in [2.45, 2.75) is 38.0 Å². The van der Waals surface area contributed by atoms with Gasteiger partial charge in [-0.3, -0.25) is 9.69 Å². The number of hydrogen-bond acceptors (Lipinski definition) is 2. The van der Waals surface area contributed by atoms with Crippen molar-refractivity contribution in [1.82, 2.24) is 4.90 Å². The molecule has 27 heavy (non-hydrogen) atoms. The Bertz CT molecular complexity index is 853. The third kappa shape index (κ3) is 3.96. The Labute approximate surface area is 160 Å². The Morgan fingerprint density at radius 1 is 1.26 bits per heavy atom. The lowest BCUT2D eigenvalue weighted by Crippen LogP contribution is -2.39. The lowest BCUT2D eigenvalue weighted by molar-refractivity contribution is -0.143. The predicted molar refractivity (Wildman–Crippen MR) is 96.8 cm³/mol. The monoisotopic (exact) mass is 397 g/mol. The van der Waals surface area contributed by atoms with Gasteiger partial charge in [0.15, 0.2) is 0 Å². The summed E-state index contributed by atoms with van der Waals surface area (Å²) in [5, 5.41) is 9.21. The standard InChI is InChI=1S/C20H19ClF3NO2/c1-12-5-2-3-6-14(12)18(25-10-4-7-17(25)19(26)27)13-8-9-16(21)15(11-13)20(22,23)24/h2-3,5-6,8-9,11,17-18H,4,7,10H2,1H3,(H,26,27). The van der Waals surface area contributed by atoms with Gasteiger partial charge in [0.1, 0.15) is 6.04 Å². The molecule has 3 nitrogen and oxygen atoms in total. The maximum Gasteiger partial charge on any atom is 0.417 e. The van der Waals surface area contributed by atoms with Gasteiger partial charge in [0, 0.05) is 6.54 Å². The molecule has 0 radical (unpaired) electrons. The van der Waals surface area contributed by atoms with Gasteiger partial charge in [-0.25, -0.2) is 0 Å². The first-order valence-corrected chi connectivity index (χ1v) is 8.98. The van der Waals surface area contributed by atoms with Crippen LogP contribution >= 0.6 is 11.6 Å². The highest BCUT2D eigenvalue weighted by molar-refractivity contribution is 6.31. The molecule has 0 amide bonds. The van der Waals surface area contributed by atoms with E-state index in [-0.39, 0.29) is 5.02 Å². The molecule has 0 aromatic heterocycles. The van der Waals surface area contributed by atoms with Gasteiger partial charge in [0.2, 0.25) is 0 Å². The van der Waals surface area contributed by atoms with Crippen molar-refractivity contribution >= 4 is 17.6 Å². The van der Waals surface area contributed by atoms with Gasteiger partial charge < -0.3 is 5.11 Å². The first-order valence-electron chi connectivity index (χ1n) is 8.61. The second-order valence-electron chi connectivity index (χ2n) is 6.73. The van der Waals surface area contributed by atoms with Crippen LogP contribution in [0.5, 0.6) is 0 Å². The zero-order chi connectivity index (χ0) is 19.8. The van der Waals surface area contributed by atoms with Crippen LogP contribution in [0.1, 0.15) is 41.1 Å². The molecule has 0 bridgehead atoms. The number of rotatable bonds is 4.